The van der Waals surface area contributed by atoms with Crippen LogP contribution in [-0.4, -0.2) is 21.4 Å². The first-order chi connectivity index (χ1) is 12.0. The number of carbonyl (C=O) groups excluding carboxylic acids is 1. The van der Waals surface area contributed by atoms with E-state index in [1.54, 1.807) is 36.4 Å². The van der Waals surface area contributed by atoms with Crippen LogP contribution in [0.15, 0.2) is 82.5 Å². The van der Waals surface area contributed by atoms with Crippen molar-refractivity contribution in [3.8, 4) is 0 Å². The number of para-hydroxylation sites is 1. The van der Waals surface area contributed by atoms with Crippen molar-refractivity contribution in [2.75, 3.05) is 16.7 Å². The molecular formula is C18H16N2O4S. The van der Waals surface area contributed by atoms with Crippen molar-refractivity contribution in [3.05, 3.63) is 78.8 Å². The van der Waals surface area contributed by atoms with E-state index in [0.717, 1.165) is 0 Å². The largest absolute Gasteiger partial charge is 0.472 e. The van der Waals surface area contributed by atoms with E-state index in [0.29, 0.717) is 16.9 Å². The highest BCUT2D eigenvalue weighted by molar-refractivity contribution is 7.92. The third-order valence-corrected chi connectivity index (χ3v) is 5.44. The maximum Gasteiger partial charge on any atom is 0.264 e. The minimum absolute atomic E-state index is 0.0869. The molecule has 7 heteroatoms. The lowest BCUT2D eigenvalue weighted by molar-refractivity contribution is 0.102. The summed E-state index contributed by atoms with van der Waals surface area (Å²) < 4.78 is 31.7. The number of hydrogen-bond donors (Lipinski definition) is 1. The van der Waals surface area contributed by atoms with Crippen molar-refractivity contribution < 1.29 is 17.6 Å². The highest BCUT2D eigenvalue weighted by Gasteiger charge is 2.21. The van der Waals surface area contributed by atoms with Crippen LogP contribution >= 0.6 is 0 Å². The maximum absolute atomic E-state index is 12.8. The molecule has 128 valence electrons. The summed E-state index contributed by atoms with van der Waals surface area (Å²) >= 11 is 0. The van der Waals surface area contributed by atoms with Gasteiger partial charge < -0.3 is 9.73 Å². The summed E-state index contributed by atoms with van der Waals surface area (Å²) in [5.41, 5.74) is 1.29. The molecule has 0 unspecified atom stereocenters. The minimum Gasteiger partial charge on any atom is -0.472 e. The zero-order chi connectivity index (χ0) is 17.9. The van der Waals surface area contributed by atoms with E-state index in [1.807, 2.05) is 6.07 Å². The summed E-state index contributed by atoms with van der Waals surface area (Å²) in [4.78, 5) is 12.1. The number of benzene rings is 2. The topological polar surface area (TPSA) is 79.6 Å². The number of rotatable bonds is 5. The standard InChI is InChI=1S/C18H16N2O4S/c1-20(16-7-3-2-4-8-16)25(22,23)17-9-5-6-15(12-17)19-18(21)14-10-11-24-13-14/h2-13H,1H3,(H,19,21). The fourth-order valence-electron chi connectivity index (χ4n) is 2.27. The molecule has 2 aromatic carbocycles. The molecule has 0 bridgehead atoms. The number of anilines is 2. The zero-order valence-corrected chi connectivity index (χ0v) is 14.2. The number of nitrogens with zero attached hydrogens (tertiary/aromatic N) is 1. The van der Waals surface area contributed by atoms with Gasteiger partial charge in [-0.1, -0.05) is 24.3 Å². The second-order valence-electron chi connectivity index (χ2n) is 5.30. The van der Waals surface area contributed by atoms with Gasteiger partial charge >= 0.3 is 0 Å². The molecule has 1 heterocycles. The molecule has 3 aromatic rings. The number of sulfonamides is 1. The maximum atomic E-state index is 12.8. The average Bonchev–Trinajstić information content (AvgIpc) is 3.17. The van der Waals surface area contributed by atoms with E-state index in [9.17, 15) is 13.2 Å². The normalized spacial score (nSPS) is 11.1. The Kier molecular flexibility index (Phi) is 4.58. The number of nitrogens with one attached hydrogen (secondary N) is 1. The molecule has 0 fully saturated rings. The van der Waals surface area contributed by atoms with Crippen LogP contribution in [0, 0.1) is 0 Å². The summed E-state index contributed by atoms with van der Waals surface area (Å²) in [6, 6.07) is 16.4. The predicted molar refractivity (Wildman–Crippen MR) is 95.1 cm³/mol. The third kappa shape index (κ3) is 3.56. The molecule has 0 aliphatic heterocycles. The van der Waals surface area contributed by atoms with Crippen LogP contribution in [0.25, 0.3) is 0 Å². The lowest BCUT2D eigenvalue weighted by Crippen LogP contribution is -2.26. The minimum atomic E-state index is -3.74. The zero-order valence-electron chi connectivity index (χ0n) is 13.4. The van der Waals surface area contributed by atoms with Gasteiger partial charge in [-0.25, -0.2) is 8.42 Å². The van der Waals surface area contributed by atoms with E-state index < -0.39 is 10.0 Å². The van der Waals surface area contributed by atoms with E-state index in [2.05, 4.69) is 5.32 Å². The van der Waals surface area contributed by atoms with Gasteiger partial charge in [0.15, 0.2) is 0 Å². The predicted octanol–water partition coefficient (Wildman–Crippen LogP) is 3.36. The van der Waals surface area contributed by atoms with Crippen LogP contribution in [-0.2, 0) is 10.0 Å². The van der Waals surface area contributed by atoms with E-state index in [-0.39, 0.29) is 10.8 Å². The second-order valence-corrected chi connectivity index (χ2v) is 7.27. The summed E-state index contributed by atoms with van der Waals surface area (Å²) in [5, 5.41) is 2.65. The smallest absolute Gasteiger partial charge is 0.264 e. The third-order valence-electron chi connectivity index (χ3n) is 3.65. The summed E-state index contributed by atoms with van der Waals surface area (Å²) in [7, 11) is -2.25. The fourth-order valence-corrected chi connectivity index (χ4v) is 3.51. The van der Waals surface area contributed by atoms with Crippen molar-refractivity contribution in [2.45, 2.75) is 4.90 Å². The van der Waals surface area contributed by atoms with Gasteiger partial charge in [-0.05, 0) is 36.4 Å². The van der Waals surface area contributed by atoms with E-state index in [4.69, 9.17) is 4.42 Å². The highest BCUT2D eigenvalue weighted by atomic mass is 32.2. The molecule has 1 aromatic heterocycles. The van der Waals surface area contributed by atoms with Crippen molar-refractivity contribution >= 4 is 27.3 Å². The van der Waals surface area contributed by atoms with Crippen LogP contribution in [0.4, 0.5) is 11.4 Å². The van der Waals surface area contributed by atoms with Crippen LogP contribution in [0.2, 0.25) is 0 Å². The van der Waals surface area contributed by atoms with Gasteiger partial charge in [0.25, 0.3) is 15.9 Å². The molecule has 25 heavy (non-hydrogen) atoms. The van der Waals surface area contributed by atoms with Gasteiger partial charge in [-0.2, -0.15) is 0 Å². The second kappa shape index (κ2) is 6.82. The van der Waals surface area contributed by atoms with Crippen LogP contribution in [0.5, 0.6) is 0 Å². The lowest BCUT2D eigenvalue weighted by Gasteiger charge is -2.19. The molecule has 1 amide bonds. The molecule has 3 rings (SSSR count). The number of hydrogen-bond acceptors (Lipinski definition) is 4. The number of furan rings is 1. The van der Waals surface area contributed by atoms with Crippen molar-refractivity contribution in [1.82, 2.24) is 0 Å². The number of amides is 1. The van der Waals surface area contributed by atoms with Crippen molar-refractivity contribution in [3.63, 3.8) is 0 Å². The average molecular weight is 356 g/mol. The van der Waals surface area contributed by atoms with Crippen LogP contribution in [0.1, 0.15) is 10.4 Å². The molecule has 0 radical (unpaired) electrons. The fraction of sp³-hybridized carbons (Fsp3) is 0.0556. The molecule has 0 aliphatic rings. The molecule has 0 atom stereocenters. The van der Waals surface area contributed by atoms with Gasteiger partial charge in [0.1, 0.15) is 6.26 Å². The highest BCUT2D eigenvalue weighted by Crippen LogP contribution is 2.23. The molecule has 6 nitrogen and oxygen atoms in total. The molecule has 0 aliphatic carbocycles. The van der Waals surface area contributed by atoms with Crippen molar-refractivity contribution in [1.29, 1.82) is 0 Å². The number of carbonyl (C=O) groups is 1. The van der Waals surface area contributed by atoms with Crippen LogP contribution < -0.4 is 9.62 Å². The Morgan fingerprint density at radius 2 is 1.80 bits per heavy atom. The molecule has 1 N–H and O–H groups in total. The monoisotopic (exact) mass is 356 g/mol. The quantitative estimate of drug-likeness (QED) is 0.760. The van der Waals surface area contributed by atoms with Crippen LogP contribution in [0.3, 0.4) is 0 Å². The molecule has 0 saturated heterocycles. The SMILES string of the molecule is CN(c1ccccc1)S(=O)(=O)c1cccc(NC(=O)c2ccoc2)c1. The van der Waals surface area contributed by atoms with Crippen molar-refractivity contribution in [2.24, 2.45) is 0 Å². The summed E-state index contributed by atoms with van der Waals surface area (Å²) in [6.07, 6.45) is 2.71. The first-order valence-corrected chi connectivity index (χ1v) is 8.90. The molecule has 0 spiro atoms. The molecule has 0 saturated carbocycles. The van der Waals surface area contributed by atoms with E-state index in [1.165, 1.54) is 42.1 Å². The first kappa shape index (κ1) is 16.8. The van der Waals surface area contributed by atoms with Gasteiger partial charge in [0.2, 0.25) is 0 Å². The Bertz CT molecular complexity index is 967. The van der Waals surface area contributed by atoms with Gasteiger partial charge in [-0.3, -0.25) is 9.10 Å². The van der Waals surface area contributed by atoms with Gasteiger partial charge in [0, 0.05) is 12.7 Å². The molecular weight excluding hydrogens is 340 g/mol. The summed E-state index contributed by atoms with van der Waals surface area (Å²) in [5.74, 6) is -0.375. The lowest BCUT2D eigenvalue weighted by atomic mass is 10.3. The Morgan fingerprint density at radius 1 is 1.04 bits per heavy atom. The van der Waals surface area contributed by atoms with Gasteiger partial charge in [-0.15, -0.1) is 0 Å². The first-order valence-electron chi connectivity index (χ1n) is 7.46. The Labute approximate surface area is 145 Å². The van der Waals surface area contributed by atoms with E-state index >= 15 is 0 Å². The summed E-state index contributed by atoms with van der Waals surface area (Å²) in [6.45, 7) is 0. The Morgan fingerprint density at radius 3 is 2.48 bits per heavy atom. The Balaban J connectivity index is 1.86. The Hall–Kier alpha value is -3.06. The van der Waals surface area contributed by atoms with Gasteiger partial charge in [0.05, 0.1) is 22.4 Å².